The van der Waals surface area contributed by atoms with Crippen LogP contribution in [0.2, 0.25) is 0 Å². The van der Waals surface area contributed by atoms with E-state index < -0.39 is 17.2 Å². The molecule has 0 N–H and O–H groups in total. The minimum Gasteiger partial charge on any atom is -0.205 e. The first kappa shape index (κ1) is 19.5. The SMILES string of the molecule is C=Cc1ccc(CCc2ccc(CCc3cc(F)c(C#N)c(F)c3)cc2)cc1. The molecule has 1 nitrogen and oxygen atoms in total. The van der Waals surface area contributed by atoms with Gasteiger partial charge in [-0.1, -0.05) is 61.2 Å². The number of nitrogens with zero attached hydrogens (tertiary/aromatic N) is 1. The summed E-state index contributed by atoms with van der Waals surface area (Å²) in [5, 5.41) is 8.73. The molecular weight excluding hydrogens is 352 g/mol. The van der Waals surface area contributed by atoms with Crippen LogP contribution in [0.25, 0.3) is 6.08 Å². The van der Waals surface area contributed by atoms with Gasteiger partial charge in [-0.05, 0) is 65.6 Å². The number of hydrogen-bond donors (Lipinski definition) is 0. The van der Waals surface area contributed by atoms with Crippen molar-refractivity contribution in [3.8, 4) is 6.07 Å². The van der Waals surface area contributed by atoms with Gasteiger partial charge in [0.25, 0.3) is 0 Å². The molecule has 0 aliphatic carbocycles. The molecule has 0 bridgehead atoms. The van der Waals surface area contributed by atoms with E-state index in [9.17, 15) is 8.78 Å². The lowest BCUT2D eigenvalue weighted by Crippen LogP contribution is -1.98. The van der Waals surface area contributed by atoms with E-state index in [0.29, 0.717) is 18.4 Å². The lowest BCUT2D eigenvalue weighted by Gasteiger charge is -2.07. The highest BCUT2D eigenvalue weighted by atomic mass is 19.1. The molecule has 0 radical (unpaired) electrons. The summed E-state index contributed by atoms with van der Waals surface area (Å²) >= 11 is 0. The Labute approximate surface area is 164 Å². The second kappa shape index (κ2) is 9.10. The largest absolute Gasteiger partial charge is 0.205 e. The van der Waals surface area contributed by atoms with Gasteiger partial charge < -0.3 is 0 Å². The van der Waals surface area contributed by atoms with Crippen LogP contribution >= 0.6 is 0 Å². The summed E-state index contributed by atoms with van der Waals surface area (Å²) in [6, 6.07) is 20.8. The van der Waals surface area contributed by atoms with E-state index in [2.05, 4.69) is 55.1 Å². The molecule has 0 aliphatic rings. The molecule has 0 saturated carbocycles. The fourth-order valence-corrected chi connectivity index (χ4v) is 3.15. The van der Waals surface area contributed by atoms with Crippen LogP contribution in [0.3, 0.4) is 0 Å². The molecule has 0 saturated heterocycles. The predicted octanol–water partition coefficient (Wildman–Crippen LogP) is 6.05. The van der Waals surface area contributed by atoms with Crippen LogP contribution in [0.15, 0.2) is 67.2 Å². The predicted molar refractivity (Wildman–Crippen MR) is 109 cm³/mol. The Morgan fingerprint density at radius 3 is 1.50 bits per heavy atom. The Morgan fingerprint density at radius 2 is 1.11 bits per heavy atom. The van der Waals surface area contributed by atoms with Gasteiger partial charge in [-0.2, -0.15) is 5.26 Å². The first-order chi connectivity index (χ1) is 13.6. The van der Waals surface area contributed by atoms with Gasteiger partial charge >= 0.3 is 0 Å². The molecule has 0 aliphatic heterocycles. The zero-order chi connectivity index (χ0) is 19.9. The molecule has 3 aromatic rings. The third-order valence-electron chi connectivity index (χ3n) is 4.86. The molecule has 28 heavy (non-hydrogen) atoms. The van der Waals surface area contributed by atoms with Gasteiger partial charge in [-0.3, -0.25) is 0 Å². The fraction of sp³-hybridized carbons (Fsp3) is 0.160. The first-order valence-electron chi connectivity index (χ1n) is 9.26. The van der Waals surface area contributed by atoms with Gasteiger partial charge in [-0.25, -0.2) is 8.78 Å². The molecule has 3 heteroatoms. The molecule has 3 aromatic carbocycles. The Morgan fingerprint density at radius 1 is 0.714 bits per heavy atom. The van der Waals surface area contributed by atoms with E-state index in [1.807, 2.05) is 6.08 Å². The zero-order valence-corrected chi connectivity index (χ0v) is 15.6. The van der Waals surface area contributed by atoms with Crippen molar-refractivity contribution >= 4 is 6.08 Å². The van der Waals surface area contributed by atoms with E-state index in [4.69, 9.17) is 5.26 Å². The summed E-state index contributed by atoms with van der Waals surface area (Å²) < 4.78 is 27.4. The van der Waals surface area contributed by atoms with E-state index in [-0.39, 0.29) is 0 Å². The van der Waals surface area contributed by atoms with Crippen molar-refractivity contribution in [3.05, 3.63) is 112 Å². The van der Waals surface area contributed by atoms with Gasteiger partial charge in [-0.15, -0.1) is 0 Å². The highest BCUT2D eigenvalue weighted by molar-refractivity contribution is 5.47. The van der Waals surface area contributed by atoms with Gasteiger partial charge in [0.15, 0.2) is 0 Å². The smallest absolute Gasteiger partial charge is 0.144 e. The summed E-state index contributed by atoms with van der Waals surface area (Å²) in [5.74, 6) is -1.59. The Hall–Kier alpha value is -3.25. The Balaban J connectivity index is 1.55. The van der Waals surface area contributed by atoms with Crippen molar-refractivity contribution in [1.82, 2.24) is 0 Å². The van der Waals surface area contributed by atoms with E-state index >= 15 is 0 Å². The fourth-order valence-electron chi connectivity index (χ4n) is 3.15. The number of halogens is 2. The van der Waals surface area contributed by atoms with Gasteiger partial charge in [0, 0.05) is 0 Å². The van der Waals surface area contributed by atoms with Crippen LogP contribution < -0.4 is 0 Å². The van der Waals surface area contributed by atoms with Crippen LogP contribution in [0, 0.1) is 23.0 Å². The van der Waals surface area contributed by atoms with Gasteiger partial charge in [0.2, 0.25) is 0 Å². The van der Waals surface area contributed by atoms with E-state index in [1.54, 1.807) is 6.07 Å². The zero-order valence-electron chi connectivity index (χ0n) is 15.6. The van der Waals surface area contributed by atoms with Crippen molar-refractivity contribution in [2.24, 2.45) is 0 Å². The molecule has 0 unspecified atom stereocenters. The molecule has 0 aromatic heterocycles. The monoisotopic (exact) mass is 373 g/mol. The summed E-state index contributed by atoms with van der Waals surface area (Å²) in [6.45, 7) is 3.76. The number of nitriles is 1. The van der Waals surface area contributed by atoms with Crippen LogP contribution in [0.5, 0.6) is 0 Å². The van der Waals surface area contributed by atoms with Crippen molar-refractivity contribution in [2.75, 3.05) is 0 Å². The molecular formula is C25H21F2N. The lowest BCUT2D eigenvalue weighted by atomic mass is 9.99. The quantitative estimate of drug-likeness (QED) is 0.494. The molecule has 0 heterocycles. The molecule has 0 spiro atoms. The van der Waals surface area contributed by atoms with Gasteiger partial charge in [0.05, 0.1) is 0 Å². The lowest BCUT2D eigenvalue weighted by molar-refractivity contribution is 0.573. The van der Waals surface area contributed by atoms with Crippen LogP contribution in [0.4, 0.5) is 8.78 Å². The van der Waals surface area contributed by atoms with Crippen molar-refractivity contribution in [3.63, 3.8) is 0 Å². The highest BCUT2D eigenvalue weighted by Crippen LogP contribution is 2.17. The molecule has 0 amide bonds. The summed E-state index contributed by atoms with van der Waals surface area (Å²) in [7, 11) is 0. The average Bonchev–Trinajstić information content (AvgIpc) is 2.71. The van der Waals surface area contributed by atoms with E-state index in [0.717, 1.165) is 24.0 Å². The standard InChI is InChI=1S/C25H21F2N/c1-2-18-3-5-19(6-4-18)7-8-20-9-11-21(12-10-20)13-14-22-15-24(26)23(17-28)25(27)16-22/h2-6,9-12,15-16H,1,7-8,13-14H2. The number of hydrogen-bond acceptors (Lipinski definition) is 1. The maximum atomic E-state index is 13.7. The van der Waals surface area contributed by atoms with Crippen molar-refractivity contribution in [1.29, 1.82) is 5.26 Å². The topological polar surface area (TPSA) is 23.8 Å². The number of benzene rings is 3. The van der Waals surface area contributed by atoms with Crippen LogP contribution in [0.1, 0.15) is 33.4 Å². The van der Waals surface area contributed by atoms with E-state index in [1.165, 1.54) is 23.3 Å². The van der Waals surface area contributed by atoms with Gasteiger partial charge in [0.1, 0.15) is 23.3 Å². The first-order valence-corrected chi connectivity index (χ1v) is 9.26. The summed E-state index contributed by atoms with van der Waals surface area (Å²) in [5.41, 5.74) is 4.82. The van der Waals surface area contributed by atoms with Crippen molar-refractivity contribution < 1.29 is 8.78 Å². The van der Waals surface area contributed by atoms with Crippen LogP contribution in [-0.4, -0.2) is 0 Å². The third-order valence-corrected chi connectivity index (χ3v) is 4.86. The maximum Gasteiger partial charge on any atom is 0.144 e. The Bertz CT molecular complexity index is 973. The Kier molecular flexibility index (Phi) is 6.34. The van der Waals surface area contributed by atoms with Crippen molar-refractivity contribution in [2.45, 2.75) is 25.7 Å². The number of rotatable bonds is 7. The minimum atomic E-state index is -0.797. The molecule has 0 atom stereocenters. The molecule has 0 fully saturated rings. The second-order valence-electron chi connectivity index (χ2n) is 6.81. The third kappa shape index (κ3) is 4.92. The summed E-state index contributed by atoms with van der Waals surface area (Å²) in [6.07, 6.45) is 4.98. The second-order valence-corrected chi connectivity index (χ2v) is 6.81. The maximum absolute atomic E-state index is 13.7. The molecule has 3 rings (SSSR count). The normalized spacial score (nSPS) is 10.5. The highest BCUT2D eigenvalue weighted by Gasteiger charge is 2.10. The van der Waals surface area contributed by atoms with Crippen LogP contribution in [-0.2, 0) is 25.7 Å². The average molecular weight is 373 g/mol. The number of aryl methyl sites for hydroxylation is 4. The minimum absolute atomic E-state index is 0.521. The summed E-state index contributed by atoms with van der Waals surface area (Å²) in [4.78, 5) is 0. The molecule has 140 valence electrons.